The molecule has 0 saturated carbocycles. The molecule has 0 aliphatic carbocycles. The Bertz CT molecular complexity index is 657. The molecule has 0 aromatic carbocycles. The highest BCUT2D eigenvalue weighted by atomic mass is 127. The van der Waals surface area contributed by atoms with Gasteiger partial charge in [-0.15, -0.1) is 24.0 Å². The summed E-state index contributed by atoms with van der Waals surface area (Å²) in [6, 6.07) is 6.06. The number of rotatable bonds is 7. The Balaban J connectivity index is 0.00000320. The van der Waals surface area contributed by atoms with Gasteiger partial charge in [0.05, 0.1) is 0 Å². The number of hydrogen-bond donors (Lipinski definition) is 2. The molecule has 1 amide bonds. The maximum atomic E-state index is 11.2. The van der Waals surface area contributed by atoms with Gasteiger partial charge in [0.25, 0.3) is 0 Å². The highest BCUT2D eigenvalue weighted by Gasteiger charge is 2.23. The molecular weight excluding hydrogens is 493 g/mol. The number of primary amides is 1. The predicted octanol–water partition coefficient (Wildman–Crippen LogP) is 1.37. The van der Waals surface area contributed by atoms with Crippen LogP contribution in [-0.2, 0) is 4.79 Å². The Morgan fingerprint density at radius 1 is 1.17 bits per heavy atom. The fourth-order valence-corrected chi connectivity index (χ4v) is 4.12. The van der Waals surface area contributed by atoms with Crippen molar-refractivity contribution in [1.29, 1.82) is 0 Å². The number of carbonyl (C=O) groups is 1. The summed E-state index contributed by atoms with van der Waals surface area (Å²) >= 11 is 0. The van der Waals surface area contributed by atoms with Gasteiger partial charge in [-0.1, -0.05) is 6.07 Å². The quantitative estimate of drug-likeness (QED) is 0.240. The van der Waals surface area contributed by atoms with E-state index in [0.717, 1.165) is 89.8 Å². The number of amides is 1. The number of anilines is 1. The lowest BCUT2D eigenvalue weighted by molar-refractivity contribution is -0.123. The molecule has 1 aromatic heterocycles. The van der Waals surface area contributed by atoms with Crippen molar-refractivity contribution in [1.82, 2.24) is 20.1 Å². The number of hydrogen-bond acceptors (Lipinski definition) is 5. The molecule has 3 heterocycles. The van der Waals surface area contributed by atoms with Crippen molar-refractivity contribution in [2.45, 2.75) is 25.7 Å². The number of aromatic nitrogens is 1. The number of unbranched alkanes of at least 4 members (excludes halogenated alkanes) is 1. The van der Waals surface area contributed by atoms with Gasteiger partial charge in [0, 0.05) is 51.9 Å². The molecule has 3 rings (SSSR count). The lowest BCUT2D eigenvalue weighted by Gasteiger charge is -2.37. The standard InChI is InChI=1S/C21H35N7O.HI/c1-23-21(28-16-14-27(15-17-28)19-6-2-3-9-24-19)25-10-4-5-11-26-12-7-18(8-13-26)20(22)29;/h2-3,6,9,18H,4-5,7-8,10-17H2,1H3,(H2,22,29)(H,23,25);1H. The van der Waals surface area contributed by atoms with Gasteiger partial charge in [0.2, 0.25) is 5.91 Å². The summed E-state index contributed by atoms with van der Waals surface area (Å²) in [5.41, 5.74) is 5.41. The highest BCUT2D eigenvalue weighted by Crippen LogP contribution is 2.17. The van der Waals surface area contributed by atoms with Gasteiger partial charge in [-0.05, 0) is 57.5 Å². The third-order valence-corrected chi connectivity index (χ3v) is 5.94. The molecular formula is C21H36IN7O. The number of likely N-dealkylation sites (tertiary alicyclic amines) is 1. The van der Waals surface area contributed by atoms with Gasteiger partial charge >= 0.3 is 0 Å². The van der Waals surface area contributed by atoms with Crippen LogP contribution in [0, 0.1) is 5.92 Å². The third kappa shape index (κ3) is 7.26. The Morgan fingerprint density at radius 3 is 2.50 bits per heavy atom. The van der Waals surface area contributed by atoms with Crippen LogP contribution in [0.2, 0.25) is 0 Å². The SMILES string of the molecule is CN=C(NCCCCN1CCC(C(N)=O)CC1)N1CCN(c2ccccn2)CC1.I. The van der Waals surface area contributed by atoms with Gasteiger partial charge < -0.3 is 25.8 Å². The van der Waals surface area contributed by atoms with Crippen molar-refractivity contribution in [2.75, 3.05) is 64.3 Å². The van der Waals surface area contributed by atoms with Crippen LogP contribution in [0.5, 0.6) is 0 Å². The summed E-state index contributed by atoms with van der Waals surface area (Å²) in [6.45, 7) is 7.82. The van der Waals surface area contributed by atoms with E-state index in [1.807, 2.05) is 25.4 Å². The zero-order valence-corrected chi connectivity index (χ0v) is 20.3. The van der Waals surface area contributed by atoms with Crippen molar-refractivity contribution < 1.29 is 4.79 Å². The molecule has 0 radical (unpaired) electrons. The molecule has 0 bridgehead atoms. The first-order valence-electron chi connectivity index (χ1n) is 10.8. The van der Waals surface area contributed by atoms with Gasteiger partial charge in [0.15, 0.2) is 5.96 Å². The molecule has 168 valence electrons. The molecule has 0 atom stereocenters. The normalized spacial score (nSPS) is 18.8. The van der Waals surface area contributed by atoms with Crippen LogP contribution in [0.4, 0.5) is 5.82 Å². The van der Waals surface area contributed by atoms with Gasteiger partial charge in [0.1, 0.15) is 5.82 Å². The Labute approximate surface area is 197 Å². The van der Waals surface area contributed by atoms with Crippen LogP contribution in [0.3, 0.4) is 0 Å². The van der Waals surface area contributed by atoms with E-state index in [9.17, 15) is 4.79 Å². The first kappa shape index (κ1) is 24.6. The summed E-state index contributed by atoms with van der Waals surface area (Å²) in [5.74, 6) is 1.98. The van der Waals surface area contributed by atoms with Crippen LogP contribution in [0.1, 0.15) is 25.7 Å². The molecule has 2 aliphatic heterocycles. The molecule has 9 heteroatoms. The Kier molecular flexibility index (Phi) is 10.6. The Morgan fingerprint density at radius 2 is 1.90 bits per heavy atom. The number of halogens is 1. The number of piperazine rings is 1. The number of guanidine groups is 1. The van der Waals surface area contributed by atoms with Gasteiger partial charge in [-0.25, -0.2) is 4.98 Å². The summed E-state index contributed by atoms with van der Waals surface area (Å²) in [5, 5.41) is 3.52. The number of piperidine rings is 1. The zero-order chi connectivity index (χ0) is 20.5. The fourth-order valence-electron chi connectivity index (χ4n) is 4.12. The van der Waals surface area contributed by atoms with Gasteiger partial charge in [-0.2, -0.15) is 0 Å². The number of nitrogens with two attached hydrogens (primary N) is 1. The monoisotopic (exact) mass is 529 g/mol. The van der Waals surface area contributed by atoms with E-state index >= 15 is 0 Å². The lowest BCUT2D eigenvalue weighted by Crippen LogP contribution is -2.52. The first-order valence-corrected chi connectivity index (χ1v) is 10.8. The molecule has 8 nitrogen and oxygen atoms in total. The number of nitrogens with one attached hydrogen (secondary N) is 1. The van der Waals surface area contributed by atoms with E-state index in [-0.39, 0.29) is 35.8 Å². The van der Waals surface area contributed by atoms with Crippen molar-refractivity contribution >= 4 is 41.7 Å². The molecule has 30 heavy (non-hydrogen) atoms. The van der Waals surface area contributed by atoms with Crippen molar-refractivity contribution in [3.63, 3.8) is 0 Å². The number of carbonyl (C=O) groups excluding carboxylic acids is 1. The van der Waals surface area contributed by atoms with E-state index in [4.69, 9.17) is 5.73 Å². The number of aliphatic imine (C=N–C) groups is 1. The smallest absolute Gasteiger partial charge is 0.220 e. The summed E-state index contributed by atoms with van der Waals surface area (Å²) in [4.78, 5) is 27.3. The van der Waals surface area contributed by atoms with Gasteiger partial charge in [-0.3, -0.25) is 9.79 Å². The summed E-state index contributed by atoms with van der Waals surface area (Å²) < 4.78 is 0. The molecule has 2 fully saturated rings. The minimum Gasteiger partial charge on any atom is -0.369 e. The lowest BCUT2D eigenvalue weighted by atomic mass is 9.96. The number of pyridine rings is 1. The highest BCUT2D eigenvalue weighted by molar-refractivity contribution is 14.0. The molecule has 0 spiro atoms. The van der Waals surface area contributed by atoms with E-state index in [1.165, 1.54) is 0 Å². The predicted molar refractivity (Wildman–Crippen MR) is 132 cm³/mol. The minimum atomic E-state index is -0.138. The largest absolute Gasteiger partial charge is 0.369 e. The van der Waals surface area contributed by atoms with Crippen LogP contribution >= 0.6 is 24.0 Å². The van der Waals surface area contributed by atoms with Crippen molar-refractivity contribution in [2.24, 2.45) is 16.6 Å². The number of nitrogens with zero attached hydrogens (tertiary/aromatic N) is 5. The van der Waals surface area contributed by atoms with E-state index in [0.29, 0.717) is 0 Å². The second-order valence-corrected chi connectivity index (χ2v) is 7.86. The van der Waals surface area contributed by atoms with Crippen molar-refractivity contribution in [3.05, 3.63) is 24.4 Å². The first-order chi connectivity index (χ1) is 14.2. The molecule has 1 aromatic rings. The second-order valence-electron chi connectivity index (χ2n) is 7.86. The molecule has 2 saturated heterocycles. The van der Waals surface area contributed by atoms with Crippen LogP contribution in [0.25, 0.3) is 0 Å². The fraction of sp³-hybridized carbons (Fsp3) is 0.667. The van der Waals surface area contributed by atoms with Crippen LogP contribution < -0.4 is 16.0 Å². The topological polar surface area (TPSA) is 90.1 Å². The third-order valence-electron chi connectivity index (χ3n) is 5.94. The van der Waals surface area contributed by atoms with E-state index in [1.54, 1.807) is 0 Å². The van der Waals surface area contributed by atoms with Crippen LogP contribution in [-0.4, -0.2) is 86.1 Å². The molecule has 3 N–H and O–H groups in total. The summed E-state index contributed by atoms with van der Waals surface area (Å²) in [6.07, 6.45) is 5.93. The Hall–Kier alpha value is -1.62. The summed E-state index contributed by atoms with van der Waals surface area (Å²) in [7, 11) is 1.86. The van der Waals surface area contributed by atoms with E-state index in [2.05, 4.69) is 36.1 Å². The van der Waals surface area contributed by atoms with Crippen LogP contribution in [0.15, 0.2) is 29.4 Å². The minimum absolute atomic E-state index is 0. The van der Waals surface area contributed by atoms with E-state index < -0.39 is 0 Å². The maximum Gasteiger partial charge on any atom is 0.220 e. The second kappa shape index (κ2) is 12.9. The molecule has 2 aliphatic rings. The average Bonchev–Trinajstić information content (AvgIpc) is 2.77. The maximum absolute atomic E-state index is 11.2. The average molecular weight is 529 g/mol. The zero-order valence-electron chi connectivity index (χ0n) is 18.0. The molecule has 0 unspecified atom stereocenters. The van der Waals surface area contributed by atoms with Crippen molar-refractivity contribution in [3.8, 4) is 0 Å².